The minimum atomic E-state index is -2.22. The molecule has 0 aliphatic carbocycles. The number of benzene rings is 1. The molecule has 0 fully saturated rings. The number of carboxylic acids is 1. The van der Waals surface area contributed by atoms with E-state index in [2.05, 4.69) is 0 Å². The highest BCUT2D eigenvalue weighted by atomic mass is 19.1. The Morgan fingerprint density at radius 2 is 1.75 bits per heavy atom. The molecular weight excluding hydrogens is 224 g/mol. The van der Waals surface area contributed by atoms with E-state index in [9.17, 15) is 18.4 Å². The summed E-state index contributed by atoms with van der Waals surface area (Å²) < 4.78 is 26.0. The SMILES string of the molecule is O=C(N[C@H](O)C(=O)O)c1c(F)cccc1F. The molecule has 0 heterocycles. The first-order valence-corrected chi connectivity index (χ1v) is 4.09. The van der Waals surface area contributed by atoms with Crippen molar-refractivity contribution in [2.24, 2.45) is 0 Å². The van der Waals surface area contributed by atoms with Crippen LogP contribution in [0.15, 0.2) is 18.2 Å². The van der Waals surface area contributed by atoms with E-state index in [-0.39, 0.29) is 0 Å². The van der Waals surface area contributed by atoms with Crippen molar-refractivity contribution in [3.05, 3.63) is 35.4 Å². The lowest BCUT2D eigenvalue weighted by Gasteiger charge is -2.09. The average molecular weight is 231 g/mol. The Kier molecular flexibility index (Phi) is 3.51. The summed E-state index contributed by atoms with van der Waals surface area (Å²) in [5.41, 5.74) is -0.942. The lowest BCUT2D eigenvalue weighted by Crippen LogP contribution is -2.41. The molecule has 0 radical (unpaired) electrons. The van der Waals surface area contributed by atoms with Gasteiger partial charge >= 0.3 is 5.97 Å². The molecule has 5 nitrogen and oxygen atoms in total. The molecule has 1 amide bonds. The van der Waals surface area contributed by atoms with Crippen LogP contribution >= 0.6 is 0 Å². The van der Waals surface area contributed by atoms with Crippen LogP contribution in [0.4, 0.5) is 8.78 Å². The third kappa shape index (κ3) is 2.51. The summed E-state index contributed by atoms with van der Waals surface area (Å²) in [5.74, 6) is -5.36. The fourth-order valence-electron chi connectivity index (χ4n) is 0.973. The zero-order chi connectivity index (χ0) is 12.3. The average Bonchev–Trinajstić information content (AvgIpc) is 2.16. The van der Waals surface area contributed by atoms with Gasteiger partial charge in [-0.25, -0.2) is 13.6 Å². The Bertz CT molecular complexity index is 415. The predicted octanol–water partition coefficient (Wildman–Crippen LogP) is 0.0976. The molecule has 0 aromatic heterocycles. The minimum absolute atomic E-state index is 0.838. The summed E-state index contributed by atoms with van der Waals surface area (Å²) in [5, 5.41) is 18.5. The third-order valence-electron chi connectivity index (χ3n) is 1.69. The molecular formula is C9H7F2NO4. The molecule has 1 aromatic rings. The van der Waals surface area contributed by atoms with Crippen LogP contribution in [0, 0.1) is 11.6 Å². The highest BCUT2D eigenvalue weighted by molar-refractivity contribution is 5.96. The second-order valence-corrected chi connectivity index (χ2v) is 2.81. The lowest BCUT2D eigenvalue weighted by molar-refractivity contribution is -0.147. The van der Waals surface area contributed by atoms with Gasteiger partial charge in [0, 0.05) is 0 Å². The largest absolute Gasteiger partial charge is 0.478 e. The van der Waals surface area contributed by atoms with E-state index in [1.807, 2.05) is 0 Å². The zero-order valence-electron chi connectivity index (χ0n) is 7.78. The van der Waals surface area contributed by atoms with Crippen molar-refractivity contribution in [2.45, 2.75) is 6.23 Å². The van der Waals surface area contributed by atoms with Crippen molar-refractivity contribution in [1.82, 2.24) is 5.32 Å². The zero-order valence-corrected chi connectivity index (χ0v) is 7.78. The van der Waals surface area contributed by atoms with Crippen molar-refractivity contribution in [2.75, 3.05) is 0 Å². The van der Waals surface area contributed by atoms with Gasteiger partial charge in [0.1, 0.15) is 17.2 Å². The second-order valence-electron chi connectivity index (χ2n) is 2.81. The molecule has 0 aliphatic heterocycles. The van der Waals surface area contributed by atoms with Crippen LogP contribution in [-0.4, -0.2) is 28.3 Å². The third-order valence-corrected chi connectivity index (χ3v) is 1.69. The van der Waals surface area contributed by atoms with Gasteiger partial charge < -0.3 is 15.5 Å². The topological polar surface area (TPSA) is 86.6 Å². The number of hydrogen-bond acceptors (Lipinski definition) is 3. The normalized spacial score (nSPS) is 11.9. The number of aliphatic hydroxyl groups excluding tert-OH is 1. The molecule has 0 spiro atoms. The number of rotatable bonds is 3. The monoisotopic (exact) mass is 231 g/mol. The summed E-state index contributed by atoms with van der Waals surface area (Å²) in [4.78, 5) is 21.4. The van der Waals surface area contributed by atoms with E-state index < -0.39 is 35.3 Å². The first kappa shape index (κ1) is 12.1. The van der Waals surface area contributed by atoms with Crippen molar-refractivity contribution >= 4 is 11.9 Å². The predicted molar refractivity (Wildman–Crippen MR) is 47.5 cm³/mol. The maximum Gasteiger partial charge on any atom is 0.353 e. The van der Waals surface area contributed by atoms with Crippen molar-refractivity contribution in [3.63, 3.8) is 0 Å². The Morgan fingerprint density at radius 3 is 2.19 bits per heavy atom. The number of aliphatic carboxylic acids is 1. The first-order chi connectivity index (χ1) is 7.43. The maximum atomic E-state index is 13.0. The number of carbonyl (C=O) groups excluding carboxylic acids is 1. The highest BCUT2D eigenvalue weighted by Crippen LogP contribution is 2.11. The van der Waals surface area contributed by atoms with E-state index in [1.165, 1.54) is 5.32 Å². The van der Waals surface area contributed by atoms with E-state index in [4.69, 9.17) is 10.2 Å². The maximum absolute atomic E-state index is 13.0. The quantitative estimate of drug-likeness (QED) is 0.644. The molecule has 0 aliphatic rings. The van der Waals surface area contributed by atoms with Crippen LogP contribution in [0.2, 0.25) is 0 Å². The number of aliphatic hydroxyl groups is 1. The minimum Gasteiger partial charge on any atom is -0.478 e. The van der Waals surface area contributed by atoms with E-state index >= 15 is 0 Å². The van der Waals surface area contributed by atoms with E-state index in [0.717, 1.165) is 18.2 Å². The van der Waals surface area contributed by atoms with Gasteiger partial charge in [-0.15, -0.1) is 0 Å². The summed E-state index contributed by atoms with van der Waals surface area (Å²) in [6.45, 7) is 0. The molecule has 7 heteroatoms. The molecule has 0 bridgehead atoms. The van der Waals surface area contributed by atoms with Crippen molar-refractivity contribution in [3.8, 4) is 0 Å². The van der Waals surface area contributed by atoms with Crippen LogP contribution in [0.25, 0.3) is 0 Å². The molecule has 1 rings (SSSR count). The van der Waals surface area contributed by atoms with Gasteiger partial charge in [-0.2, -0.15) is 0 Å². The van der Waals surface area contributed by atoms with Crippen LogP contribution in [0.1, 0.15) is 10.4 Å². The summed E-state index contributed by atoms with van der Waals surface area (Å²) >= 11 is 0. The highest BCUT2D eigenvalue weighted by Gasteiger charge is 2.22. The van der Waals surface area contributed by atoms with Crippen LogP contribution in [0.3, 0.4) is 0 Å². The first-order valence-electron chi connectivity index (χ1n) is 4.09. The van der Waals surface area contributed by atoms with Crippen molar-refractivity contribution in [1.29, 1.82) is 0 Å². The molecule has 0 saturated carbocycles. The molecule has 0 unspecified atom stereocenters. The summed E-state index contributed by atoms with van der Waals surface area (Å²) in [6, 6.07) is 2.73. The number of nitrogens with one attached hydrogen (secondary N) is 1. The fraction of sp³-hybridized carbons (Fsp3) is 0.111. The molecule has 16 heavy (non-hydrogen) atoms. The Morgan fingerprint density at radius 1 is 1.25 bits per heavy atom. The number of carboxylic acid groups (broad SMARTS) is 1. The lowest BCUT2D eigenvalue weighted by atomic mass is 10.2. The van der Waals surface area contributed by atoms with Gasteiger partial charge in [-0.05, 0) is 12.1 Å². The molecule has 1 aromatic carbocycles. The smallest absolute Gasteiger partial charge is 0.353 e. The summed E-state index contributed by atoms with van der Waals surface area (Å²) in [7, 11) is 0. The van der Waals surface area contributed by atoms with Gasteiger partial charge in [0.05, 0.1) is 0 Å². The molecule has 86 valence electrons. The Hall–Kier alpha value is -2.02. The summed E-state index contributed by atoms with van der Waals surface area (Å²) in [6.07, 6.45) is -2.22. The number of halogens is 2. The van der Waals surface area contributed by atoms with Gasteiger partial charge in [0.15, 0.2) is 0 Å². The fourth-order valence-corrected chi connectivity index (χ4v) is 0.973. The van der Waals surface area contributed by atoms with E-state index in [0.29, 0.717) is 0 Å². The Labute approximate surface area is 88.3 Å². The molecule has 3 N–H and O–H groups in total. The molecule has 1 atom stereocenters. The van der Waals surface area contributed by atoms with Crippen LogP contribution in [0.5, 0.6) is 0 Å². The van der Waals surface area contributed by atoms with Gasteiger partial charge in [-0.3, -0.25) is 4.79 Å². The van der Waals surface area contributed by atoms with Gasteiger partial charge in [-0.1, -0.05) is 6.07 Å². The Balaban J connectivity index is 2.93. The molecule has 0 saturated heterocycles. The van der Waals surface area contributed by atoms with E-state index in [1.54, 1.807) is 0 Å². The number of amides is 1. The van der Waals surface area contributed by atoms with Crippen LogP contribution in [-0.2, 0) is 4.79 Å². The number of hydrogen-bond donors (Lipinski definition) is 3. The van der Waals surface area contributed by atoms with Crippen molar-refractivity contribution < 1.29 is 28.6 Å². The number of carbonyl (C=O) groups is 2. The standard InChI is InChI=1S/C9H7F2NO4/c10-4-2-1-3-5(11)6(4)7(13)12-8(14)9(15)16/h1-3,8,14H,(H,12,13)(H,15,16)/t8-/m1/s1. The van der Waals surface area contributed by atoms with Gasteiger partial charge in [0.25, 0.3) is 5.91 Å². The van der Waals surface area contributed by atoms with Crippen LogP contribution < -0.4 is 5.32 Å². The van der Waals surface area contributed by atoms with Gasteiger partial charge in [0.2, 0.25) is 6.23 Å². The second kappa shape index (κ2) is 4.67.